The van der Waals surface area contributed by atoms with Gasteiger partial charge in [0.25, 0.3) is 0 Å². The van der Waals surface area contributed by atoms with Crippen LogP contribution in [0, 0.1) is 0 Å². The van der Waals surface area contributed by atoms with Gasteiger partial charge in [-0.25, -0.2) is 0 Å². The average molecular weight is 325 g/mol. The molecule has 0 aromatic heterocycles. The van der Waals surface area contributed by atoms with Crippen LogP contribution < -0.4 is 5.32 Å². The quantitative estimate of drug-likeness (QED) is 0.874. The van der Waals surface area contributed by atoms with E-state index < -0.39 is 0 Å². The van der Waals surface area contributed by atoms with Gasteiger partial charge in [-0.05, 0) is 51.1 Å². The molecular formula is C17H25ClN2O2. The highest BCUT2D eigenvalue weighted by Crippen LogP contribution is 2.21. The van der Waals surface area contributed by atoms with Crippen LogP contribution in [0.15, 0.2) is 24.3 Å². The van der Waals surface area contributed by atoms with Crippen LogP contribution in [0.3, 0.4) is 0 Å². The lowest BCUT2D eigenvalue weighted by atomic mass is 10.0. The standard InChI is InChI=1S/C17H25ClN2O2/c1-20(2)16(13-6-5-7-14(18)10-13)12-19-17(21)11-15-8-3-4-9-22-15/h5-7,10,15-16H,3-4,8-9,11-12H2,1-2H3,(H,19,21). The Bertz CT molecular complexity index is 487. The molecule has 1 fully saturated rings. The van der Waals surface area contributed by atoms with Gasteiger partial charge < -0.3 is 15.0 Å². The summed E-state index contributed by atoms with van der Waals surface area (Å²) in [6, 6.07) is 7.88. The van der Waals surface area contributed by atoms with Crippen molar-refractivity contribution in [2.75, 3.05) is 27.2 Å². The smallest absolute Gasteiger partial charge is 0.222 e. The minimum atomic E-state index is 0.0563. The first-order valence-electron chi connectivity index (χ1n) is 7.86. The predicted octanol–water partition coefficient (Wildman–Crippen LogP) is 3.02. The molecule has 1 N–H and O–H groups in total. The molecule has 22 heavy (non-hydrogen) atoms. The predicted molar refractivity (Wildman–Crippen MR) is 89.1 cm³/mol. The molecule has 1 aliphatic heterocycles. The Labute approximate surface area is 137 Å². The zero-order valence-electron chi connectivity index (χ0n) is 13.3. The van der Waals surface area contributed by atoms with Crippen molar-refractivity contribution < 1.29 is 9.53 Å². The van der Waals surface area contributed by atoms with Gasteiger partial charge in [0, 0.05) is 18.2 Å². The molecule has 4 nitrogen and oxygen atoms in total. The van der Waals surface area contributed by atoms with E-state index in [0.29, 0.717) is 18.0 Å². The van der Waals surface area contributed by atoms with Crippen molar-refractivity contribution in [2.45, 2.75) is 37.8 Å². The molecule has 1 aliphatic rings. The van der Waals surface area contributed by atoms with E-state index in [1.54, 1.807) is 0 Å². The van der Waals surface area contributed by atoms with Gasteiger partial charge in [-0.1, -0.05) is 23.7 Å². The lowest BCUT2D eigenvalue weighted by molar-refractivity contribution is -0.125. The SMILES string of the molecule is CN(C)C(CNC(=O)CC1CCCCO1)c1cccc(Cl)c1. The van der Waals surface area contributed by atoms with E-state index >= 15 is 0 Å². The summed E-state index contributed by atoms with van der Waals surface area (Å²) in [5.74, 6) is 0.0563. The lowest BCUT2D eigenvalue weighted by Crippen LogP contribution is -2.36. The third-order valence-electron chi connectivity index (χ3n) is 4.04. The van der Waals surface area contributed by atoms with Crippen LogP contribution in [0.4, 0.5) is 0 Å². The molecule has 1 heterocycles. The van der Waals surface area contributed by atoms with Gasteiger partial charge in [0.05, 0.1) is 18.6 Å². The van der Waals surface area contributed by atoms with Gasteiger partial charge >= 0.3 is 0 Å². The largest absolute Gasteiger partial charge is 0.378 e. The van der Waals surface area contributed by atoms with Gasteiger partial charge in [0.2, 0.25) is 5.91 Å². The number of halogens is 1. The Morgan fingerprint density at radius 1 is 1.45 bits per heavy atom. The molecule has 122 valence electrons. The average Bonchev–Trinajstić information content (AvgIpc) is 2.48. The van der Waals surface area contributed by atoms with Crippen molar-refractivity contribution in [3.8, 4) is 0 Å². The molecule has 0 aliphatic carbocycles. The molecule has 2 atom stereocenters. The van der Waals surface area contributed by atoms with Crippen LogP contribution in [-0.4, -0.2) is 44.2 Å². The molecule has 1 amide bonds. The van der Waals surface area contributed by atoms with Crippen LogP contribution in [0.1, 0.15) is 37.3 Å². The normalized spacial score (nSPS) is 19.9. The molecule has 1 aromatic carbocycles. The Kier molecular flexibility index (Phi) is 6.68. The summed E-state index contributed by atoms with van der Waals surface area (Å²) in [6.07, 6.45) is 3.78. The highest BCUT2D eigenvalue weighted by Gasteiger charge is 2.19. The van der Waals surface area contributed by atoms with Crippen LogP contribution in [0.25, 0.3) is 0 Å². The number of hydrogen-bond acceptors (Lipinski definition) is 3. The number of amides is 1. The second-order valence-corrected chi connectivity index (χ2v) is 6.47. The number of rotatable bonds is 6. The van der Waals surface area contributed by atoms with Gasteiger partial charge in [-0.3, -0.25) is 4.79 Å². The summed E-state index contributed by atoms with van der Waals surface area (Å²) in [5.41, 5.74) is 1.10. The molecule has 0 spiro atoms. The maximum absolute atomic E-state index is 12.1. The summed E-state index contributed by atoms with van der Waals surface area (Å²) in [5, 5.41) is 3.74. The molecule has 0 saturated carbocycles. The van der Waals surface area contributed by atoms with Crippen LogP contribution in [-0.2, 0) is 9.53 Å². The molecule has 5 heteroatoms. The van der Waals surface area contributed by atoms with Crippen LogP contribution in [0.5, 0.6) is 0 Å². The zero-order valence-corrected chi connectivity index (χ0v) is 14.1. The number of carbonyl (C=O) groups excluding carboxylic acids is 1. The second-order valence-electron chi connectivity index (χ2n) is 6.03. The first kappa shape index (κ1) is 17.3. The molecule has 0 radical (unpaired) electrons. The van der Waals surface area contributed by atoms with E-state index in [0.717, 1.165) is 31.4 Å². The topological polar surface area (TPSA) is 41.6 Å². The van der Waals surface area contributed by atoms with Gasteiger partial charge in [-0.15, -0.1) is 0 Å². The molecule has 1 aromatic rings. The molecule has 0 bridgehead atoms. The summed E-state index contributed by atoms with van der Waals surface area (Å²) >= 11 is 6.06. The first-order valence-corrected chi connectivity index (χ1v) is 8.24. The fourth-order valence-corrected chi connectivity index (χ4v) is 2.97. The number of ether oxygens (including phenoxy) is 1. The molecular weight excluding hydrogens is 300 g/mol. The van der Waals surface area contributed by atoms with E-state index in [9.17, 15) is 4.79 Å². The Hall–Kier alpha value is -1.10. The van der Waals surface area contributed by atoms with E-state index in [1.165, 1.54) is 0 Å². The van der Waals surface area contributed by atoms with Gasteiger partial charge in [0.15, 0.2) is 0 Å². The lowest BCUT2D eigenvalue weighted by Gasteiger charge is -2.26. The van der Waals surface area contributed by atoms with E-state index in [-0.39, 0.29) is 18.1 Å². The number of nitrogens with zero attached hydrogens (tertiary/aromatic N) is 1. The van der Waals surface area contributed by atoms with Gasteiger partial charge in [0.1, 0.15) is 0 Å². The Morgan fingerprint density at radius 3 is 2.91 bits per heavy atom. The maximum atomic E-state index is 12.1. The number of likely N-dealkylation sites (N-methyl/N-ethyl adjacent to an activating group) is 1. The fraction of sp³-hybridized carbons (Fsp3) is 0.588. The van der Waals surface area contributed by atoms with E-state index in [4.69, 9.17) is 16.3 Å². The number of benzene rings is 1. The molecule has 2 unspecified atom stereocenters. The number of carbonyl (C=O) groups is 1. The molecule has 1 saturated heterocycles. The van der Waals surface area contributed by atoms with Crippen molar-refractivity contribution in [2.24, 2.45) is 0 Å². The van der Waals surface area contributed by atoms with E-state index in [1.807, 2.05) is 38.4 Å². The maximum Gasteiger partial charge on any atom is 0.222 e. The van der Waals surface area contributed by atoms with Crippen molar-refractivity contribution >= 4 is 17.5 Å². The first-order chi connectivity index (χ1) is 10.6. The molecule has 2 rings (SSSR count). The highest BCUT2D eigenvalue weighted by molar-refractivity contribution is 6.30. The second kappa shape index (κ2) is 8.51. The number of nitrogens with one attached hydrogen (secondary N) is 1. The summed E-state index contributed by atoms with van der Waals surface area (Å²) in [7, 11) is 4.00. The monoisotopic (exact) mass is 324 g/mol. The zero-order chi connectivity index (χ0) is 15.9. The van der Waals surface area contributed by atoms with E-state index in [2.05, 4.69) is 10.2 Å². The highest BCUT2D eigenvalue weighted by atomic mass is 35.5. The Balaban J connectivity index is 1.87. The van der Waals surface area contributed by atoms with Crippen LogP contribution >= 0.6 is 11.6 Å². The third-order valence-corrected chi connectivity index (χ3v) is 4.27. The minimum Gasteiger partial charge on any atom is -0.378 e. The van der Waals surface area contributed by atoms with Crippen molar-refractivity contribution in [3.05, 3.63) is 34.9 Å². The fourth-order valence-electron chi connectivity index (χ4n) is 2.77. The Morgan fingerprint density at radius 2 is 2.27 bits per heavy atom. The number of hydrogen-bond donors (Lipinski definition) is 1. The van der Waals surface area contributed by atoms with Crippen molar-refractivity contribution in [1.29, 1.82) is 0 Å². The van der Waals surface area contributed by atoms with Gasteiger partial charge in [-0.2, -0.15) is 0 Å². The summed E-state index contributed by atoms with van der Waals surface area (Å²) in [6.45, 7) is 1.35. The summed E-state index contributed by atoms with van der Waals surface area (Å²) in [4.78, 5) is 14.2. The minimum absolute atomic E-state index is 0.0563. The summed E-state index contributed by atoms with van der Waals surface area (Å²) < 4.78 is 5.61. The van der Waals surface area contributed by atoms with Crippen LogP contribution in [0.2, 0.25) is 5.02 Å². The van der Waals surface area contributed by atoms with Crippen molar-refractivity contribution in [3.63, 3.8) is 0 Å². The van der Waals surface area contributed by atoms with Crippen molar-refractivity contribution in [1.82, 2.24) is 10.2 Å². The third kappa shape index (κ3) is 5.27.